The van der Waals surface area contributed by atoms with Gasteiger partial charge in [-0.25, -0.2) is 0 Å². The summed E-state index contributed by atoms with van der Waals surface area (Å²) < 4.78 is 48.9. The Bertz CT molecular complexity index is 454. The minimum atomic E-state index is -4.34. The number of nitrogens with two attached hydrogens (primary N) is 1. The summed E-state index contributed by atoms with van der Waals surface area (Å²) in [5, 5.41) is 10.5. The molecule has 0 saturated carbocycles. The Kier molecular flexibility index (Phi) is 6.17. The lowest BCUT2D eigenvalue weighted by Crippen LogP contribution is -2.16. The smallest absolute Gasteiger partial charge is 0.324 e. The maximum atomic E-state index is 13.0. The molecule has 0 spiro atoms. The zero-order valence-corrected chi connectivity index (χ0v) is 10.3. The van der Waals surface area contributed by atoms with E-state index < -0.39 is 41.5 Å². The number of benzene rings is 1. The molecule has 0 bridgehead atoms. The molecule has 108 valence electrons. The van der Waals surface area contributed by atoms with Gasteiger partial charge in [-0.2, -0.15) is 17.6 Å². The van der Waals surface area contributed by atoms with Gasteiger partial charge in [-0.15, -0.1) is 12.4 Å². The molecule has 1 atom stereocenters. The molecule has 0 radical (unpaired) electrons. The molecule has 0 fully saturated rings. The average molecular weight is 303 g/mol. The third kappa shape index (κ3) is 5.39. The van der Waals surface area contributed by atoms with Crippen molar-refractivity contribution >= 4 is 18.1 Å². The van der Waals surface area contributed by atoms with Gasteiger partial charge in [-0.1, -0.05) is 6.07 Å². The molecule has 2 N–H and O–H groups in total. The number of rotatable bonds is 4. The topological polar surface area (TPSA) is 69.2 Å². The van der Waals surface area contributed by atoms with Crippen LogP contribution in [0.1, 0.15) is 24.4 Å². The molecule has 0 unspecified atom stereocenters. The normalized spacial score (nSPS) is 12.7. The molecule has 9 heteroatoms. The summed E-state index contributed by atoms with van der Waals surface area (Å²) in [7, 11) is 0. The number of halogens is 5. The van der Waals surface area contributed by atoms with Gasteiger partial charge >= 0.3 is 11.9 Å². The first-order valence-corrected chi connectivity index (χ1v) is 4.97. The van der Waals surface area contributed by atoms with Gasteiger partial charge in [-0.05, 0) is 18.1 Å². The van der Waals surface area contributed by atoms with Crippen LogP contribution in [-0.2, 0) is 0 Å². The van der Waals surface area contributed by atoms with Crippen molar-refractivity contribution in [3.8, 4) is 0 Å². The second-order valence-corrected chi connectivity index (χ2v) is 3.73. The maximum absolute atomic E-state index is 13.0. The number of alkyl halides is 3. The van der Waals surface area contributed by atoms with Gasteiger partial charge < -0.3 is 5.73 Å². The molecule has 0 aliphatic heterocycles. The molecular formula is C10H11ClF4N2O2. The van der Waals surface area contributed by atoms with Gasteiger partial charge in [0.25, 0.3) is 0 Å². The van der Waals surface area contributed by atoms with E-state index in [0.29, 0.717) is 0 Å². The van der Waals surface area contributed by atoms with E-state index in [4.69, 9.17) is 5.73 Å². The van der Waals surface area contributed by atoms with Crippen molar-refractivity contribution in [2.24, 2.45) is 5.73 Å². The van der Waals surface area contributed by atoms with Crippen molar-refractivity contribution in [1.82, 2.24) is 0 Å². The predicted molar refractivity (Wildman–Crippen MR) is 62.5 cm³/mol. The van der Waals surface area contributed by atoms with E-state index >= 15 is 0 Å². The van der Waals surface area contributed by atoms with Crippen LogP contribution in [0, 0.1) is 15.9 Å². The van der Waals surface area contributed by atoms with Gasteiger partial charge in [-0.3, -0.25) is 10.1 Å². The summed E-state index contributed by atoms with van der Waals surface area (Å²) in [5.74, 6) is -1.05. The molecule has 0 heterocycles. The van der Waals surface area contributed by atoms with Crippen LogP contribution >= 0.6 is 12.4 Å². The monoisotopic (exact) mass is 302 g/mol. The van der Waals surface area contributed by atoms with E-state index in [9.17, 15) is 27.7 Å². The highest BCUT2D eigenvalue weighted by Gasteiger charge is 2.28. The first kappa shape index (κ1) is 17.6. The Hall–Kier alpha value is -1.41. The average Bonchev–Trinajstić information content (AvgIpc) is 2.25. The minimum Gasteiger partial charge on any atom is -0.324 e. The Morgan fingerprint density at radius 2 is 1.95 bits per heavy atom. The summed E-state index contributed by atoms with van der Waals surface area (Å²) in [4.78, 5) is 9.51. The highest BCUT2D eigenvalue weighted by Crippen LogP contribution is 2.28. The number of hydrogen-bond donors (Lipinski definition) is 1. The molecule has 0 amide bonds. The highest BCUT2D eigenvalue weighted by molar-refractivity contribution is 5.85. The van der Waals surface area contributed by atoms with Crippen molar-refractivity contribution < 1.29 is 22.5 Å². The van der Waals surface area contributed by atoms with Crippen LogP contribution in [-0.4, -0.2) is 11.1 Å². The summed E-state index contributed by atoms with van der Waals surface area (Å²) in [6.07, 6.45) is -5.85. The van der Waals surface area contributed by atoms with E-state index in [1.54, 1.807) is 0 Å². The highest BCUT2D eigenvalue weighted by atomic mass is 35.5. The quantitative estimate of drug-likeness (QED) is 0.526. The summed E-state index contributed by atoms with van der Waals surface area (Å²) in [5.41, 5.74) is 4.78. The Morgan fingerprint density at radius 3 is 2.42 bits per heavy atom. The van der Waals surface area contributed by atoms with E-state index in [0.717, 1.165) is 18.2 Å². The molecule has 1 aromatic rings. The molecule has 4 nitrogen and oxygen atoms in total. The first-order chi connectivity index (χ1) is 8.20. The largest absolute Gasteiger partial charge is 0.389 e. The molecule has 0 aliphatic rings. The van der Waals surface area contributed by atoms with Crippen molar-refractivity contribution in [3.05, 3.63) is 39.7 Å². The molecule has 19 heavy (non-hydrogen) atoms. The number of hydrogen-bond acceptors (Lipinski definition) is 3. The number of nitro groups is 1. The molecule has 0 saturated heterocycles. The van der Waals surface area contributed by atoms with Gasteiger partial charge in [0, 0.05) is 18.5 Å². The lowest BCUT2D eigenvalue weighted by Gasteiger charge is -2.13. The number of nitro benzene ring substituents is 1. The van der Waals surface area contributed by atoms with E-state index in [-0.39, 0.29) is 18.0 Å². The third-order valence-corrected chi connectivity index (χ3v) is 2.33. The van der Waals surface area contributed by atoms with Crippen LogP contribution in [0.15, 0.2) is 18.2 Å². The fourth-order valence-electron chi connectivity index (χ4n) is 1.39. The van der Waals surface area contributed by atoms with Gasteiger partial charge in [0.2, 0.25) is 5.82 Å². The van der Waals surface area contributed by atoms with Crippen molar-refractivity contribution in [2.75, 3.05) is 0 Å². The van der Waals surface area contributed by atoms with Gasteiger partial charge in [0.15, 0.2) is 0 Å². The van der Waals surface area contributed by atoms with E-state index in [1.165, 1.54) is 0 Å². The zero-order valence-electron chi connectivity index (χ0n) is 9.48. The van der Waals surface area contributed by atoms with E-state index in [2.05, 4.69) is 0 Å². The Balaban J connectivity index is 0.00000324. The SMILES string of the molecule is Cl.N[C@H](CCC(F)(F)F)c1ccc(F)c([N+](=O)[O-])c1. The van der Waals surface area contributed by atoms with Crippen LogP contribution in [0.3, 0.4) is 0 Å². The Morgan fingerprint density at radius 1 is 1.37 bits per heavy atom. The molecular weight excluding hydrogens is 292 g/mol. The van der Waals surface area contributed by atoms with Crippen LogP contribution in [0.4, 0.5) is 23.2 Å². The van der Waals surface area contributed by atoms with Crippen LogP contribution in [0.25, 0.3) is 0 Å². The fourth-order valence-corrected chi connectivity index (χ4v) is 1.39. The first-order valence-electron chi connectivity index (χ1n) is 4.97. The van der Waals surface area contributed by atoms with Crippen molar-refractivity contribution in [2.45, 2.75) is 25.1 Å². The summed E-state index contributed by atoms with van der Waals surface area (Å²) in [6.45, 7) is 0. The standard InChI is InChI=1S/C10H10F4N2O2.ClH/c11-7-2-1-6(5-9(7)16(17)18)8(15)3-4-10(12,13)14;/h1-2,5,8H,3-4,15H2;1H/t8-;/m1./s1. The maximum Gasteiger partial charge on any atom is 0.389 e. The fraction of sp³-hybridized carbons (Fsp3) is 0.400. The predicted octanol–water partition coefficient (Wildman–Crippen LogP) is 3.50. The van der Waals surface area contributed by atoms with Crippen LogP contribution in [0.5, 0.6) is 0 Å². The van der Waals surface area contributed by atoms with Crippen LogP contribution in [0.2, 0.25) is 0 Å². The van der Waals surface area contributed by atoms with Crippen molar-refractivity contribution in [3.63, 3.8) is 0 Å². The second-order valence-electron chi connectivity index (χ2n) is 3.73. The summed E-state index contributed by atoms with van der Waals surface area (Å²) >= 11 is 0. The van der Waals surface area contributed by atoms with Crippen LogP contribution < -0.4 is 5.73 Å². The number of nitrogens with zero attached hydrogens (tertiary/aromatic N) is 1. The molecule has 1 rings (SSSR count). The Labute approximate surface area is 112 Å². The van der Waals surface area contributed by atoms with Gasteiger partial charge in [0.05, 0.1) is 4.92 Å². The minimum absolute atomic E-state index is 0. The molecule has 0 aromatic heterocycles. The van der Waals surface area contributed by atoms with E-state index in [1.807, 2.05) is 0 Å². The molecule has 1 aromatic carbocycles. The lowest BCUT2D eigenvalue weighted by molar-refractivity contribution is -0.387. The van der Waals surface area contributed by atoms with Gasteiger partial charge in [0.1, 0.15) is 0 Å². The summed E-state index contributed by atoms with van der Waals surface area (Å²) in [6, 6.07) is 1.80. The third-order valence-electron chi connectivity index (χ3n) is 2.33. The zero-order chi connectivity index (χ0) is 13.9. The van der Waals surface area contributed by atoms with Crippen molar-refractivity contribution in [1.29, 1.82) is 0 Å². The molecule has 0 aliphatic carbocycles. The lowest BCUT2D eigenvalue weighted by atomic mass is 10.0. The second kappa shape index (κ2) is 6.67.